The standard InChI is InChI=1S/C31H33ClN2O2S/c1-22(2)20-24-10-14-28(15-11-24)37(35,36)33-18-16-26(17-19-33)31-23(3)34(30-7-5-4-6-29(30)31)21-25-8-12-27(32)13-9-25/h4-16,22H,17-21H2,1-3H3. The van der Waals surface area contributed by atoms with Crippen molar-refractivity contribution >= 4 is 38.1 Å². The fourth-order valence-corrected chi connectivity index (χ4v) is 6.83. The molecule has 1 aliphatic rings. The van der Waals surface area contributed by atoms with E-state index in [1.165, 1.54) is 38.9 Å². The van der Waals surface area contributed by atoms with Crippen LogP contribution in [-0.2, 0) is 23.0 Å². The number of sulfonamides is 1. The molecule has 6 heteroatoms. The van der Waals surface area contributed by atoms with E-state index < -0.39 is 10.0 Å². The largest absolute Gasteiger partial charge is 0.340 e. The zero-order chi connectivity index (χ0) is 26.2. The van der Waals surface area contributed by atoms with Crippen molar-refractivity contribution in [1.29, 1.82) is 0 Å². The number of benzene rings is 3. The highest BCUT2D eigenvalue weighted by molar-refractivity contribution is 7.89. The molecular weight excluding hydrogens is 500 g/mol. The average Bonchev–Trinajstić information content (AvgIpc) is 3.16. The van der Waals surface area contributed by atoms with Gasteiger partial charge in [-0.1, -0.05) is 74.0 Å². The van der Waals surface area contributed by atoms with E-state index in [-0.39, 0.29) is 0 Å². The van der Waals surface area contributed by atoms with Crippen molar-refractivity contribution in [1.82, 2.24) is 8.87 Å². The molecule has 0 N–H and O–H groups in total. The van der Waals surface area contributed by atoms with Crippen LogP contribution in [0.15, 0.2) is 83.8 Å². The van der Waals surface area contributed by atoms with E-state index in [0.717, 1.165) is 18.0 Å². The maximum absolute atomic E-state index is 13.4. The van der Waals surface area contributed by atoms with Crippen molar-refractivity contribution in [2.45, 2.75) is 45.1 Å². The summed E-state index contributed by atoms with van der Waals surface area (Å²) in [5.74, 6) is 0.536. The van der Waals surface area contributed by atoms with Crippen LogP contribution in [-0.4, -0.2) is 30.4 Å². The highest BCUT2D eigenvalue weighted by Crippen LogP contribution is 2.36. The predicted molar refractivity (Wildman–Crippen MR) is 154 cm³/mol. The number of aromatic nitrogens is 1. The van der Waals surface area contributed by atoms with Crippen molar-refractivity contribution in [3.05, 3.63) is 106 Å². The van der Waals surface area contributed by atoms with Gasteiger partial charge in [-0.2, -0.15) is 4.31 Å². The molecule has 2 heterocycles. The number of fused-ring (bicyclic) bond motifs is 1. The quantitative estimate of drug-likeness (QED) is 0.250. The Morgan fingerprint density at radius 1 is 0.919 bits per heavy atom. The minimum absolute atomic E-state index is 0.368. The summed E-state index contributed by atoms with van der Waals surface area (Å²) in [6, 6.07) is 23.8. The monoisotopic (exact) mass is 532 g/mol. The summed E-state index contributed by atoms with van der Waals surface area (Å²) < 4.78 is 30.7. The smallest absolute Gasteiger partial charge is 0.243 e. The summed E-state index contributed by atoms with van der Waals surface area (Å²) in [4.78, 5) is 0.368. The Morgan fingerprint density at radius 2 is 1.59 bits per heavy atom. The average molecular weight is 533 g/mol. The second-order valence-corrected chi connectivity index (χ2v) is 12.6. The Bertz CT molecular complexity index is 1550. The first-order valence-electron chi connectivity index (χ1n) is 12.8. The van der Waals surface area contributed by atoms with Gasteiger partial charge in [0.2, 0.25) is 10.0 Å². The maximum atomic E-state index is 13.4. The molecule has 0 fully saturated rings. The molecule has 3 aromatic carbocycles. The van der Waals surface area contributed by atoms with Crippen LogP contribution in [0.3, 0.4) is 0 Å². The third kappa shape index (κ3) is 5.26. The summed E-state index contributed by atoms with van der Waals surface area (Å²) in [7, 11) is -3.53. The third-order valence-corrected chi connectivity index (χ3v) is 9.31. The zero-order valence-corrected chi connectivity index (χ0v) is 23.2. The fraction of sp³-hybridized carbons (Fsp3) is 0.290. The lowest BCUT2D eigenvalue weighted by atomic mass is 9.97. The van der Waals surface area contributed by atoms with Gasteiger partial charge in [0.05, 0.1) is 4.90 Å². The first-order valence-corrected chi connectivity index (χ1v) is 14.7. The molecule has 0 atom stereocenters. The Balaban J connectivity index is 1.42. The van der Waals surface area contributed by atoms with Crippen LogP contribution >= 0.6 is 11.6 Å². The number of halogens is 1. The van der Waals surface area contributed by atoms with Gasteiger partial charge in [0, 0.05) is 46.8 Å². The highest BCUT2D eigenvalue weighted by atomic mass is 35.5. The molecule has 0 saturated carbocycles. The van der Waals surface area contributed by atoms with Crippen LogP contribution in [0, 0.1) is 12.8 Å². The number of hydrogen-bond donors (Lipinski definition) is 0. The molecule has 0 unspecified atom stereocenters. The van der Waals surface area contributed by atoms with Crippen LogP contribution in [0.2, 0.25) is 5.02 Å². The van der Waals surface area contributed by atoms with Gasteiger partial charge in [-0.05, 0) is 72.7 Å². The third-order valence-electron chi connectivity index (χ3n) is 7.18. The molecule has 192 valence electrons. The Hall–Kier alpha value is -2.86. The van der Waals surface area contributed by atoms with E-state index in [2.05, 4.69) is 67.8 Å². The highest BCUT2D eigenvalue weighted by Gasteiger charge is 2.28. The van der Waals surface area contributed by atoms with E-state index in [1.807, 2.05) is 24.3 Å². The van der Waals surface area contributed by atoms with Crippen LogP contribution in [0.1, 0.15) is 42.7 Å². The van der Waals surface area contributed by atoms with E-state index >= 15 is 0 Å². The first kappa shape index (κ1) is 25.8. The van der Waals surface area contributed by atoms with Crippen LogP contribution in [0.25, 0.3) is 16.5 Å². The van der Waals surface area contributed by atoms with E-state index in [1.54, 1.807) is 16.4 Å². The lowest BCUT2D eigenvalue weighted by Crippen LogP contribution is -2.34. The van der Waals surface area contributed by atoms with Gasteiger partial charge in [0.15, 0.2) is 0 Å². The number of rotatable bonds is 7. The van der Waals surface area contributed by atoms with E-state index in [9.17, 15) is 8.42 Å². The molecule has 0 spiro atoms. The van der Waals surface area contributed by atoms with E-state index in [4.69, 9.17) is 11.6 Å². The van der Waals surface area contributed by atoms with Crippen LogP contribution in [0.4, 0.5) is 0 Å². The summed E-state index contributed by atoms with van der Waals surface area (Å²) in [5, 5.41) is 1.94. The van der Waals surface area contributed by atoms with Gasteiger partial charge in [-0.3, -0.25) is 0 Å². The van der Waals surface area contributed by atoms with Gasteiger partial charge >= 0.3 is 0 Å². The Labute approximate surface area is 225 Å². The van der Waals surface area contributed by atoms with Crippen molar-refractivity contribution < 1.29 is 8.42 Å². The number of para-hydroxylation sites is 1. The normalized spacial score (nSPS) is 14.9. The molecule has 1 aromatic heterocycles. The molecule has 4 nitrogen and oxygen atoms in total. The minimum atomic E-state index is -3.53. The lowest BCUT2D eigenvalue weighted by Gasteiger charge is -2.26. The molecule has 5 rings (SSSR count). The molecule has 0 bridgehead atoms. The summed E-state index contributed by atoms with van der Waals surface area (Å²) in [6.07, 6.45) is 3.72. The van der Waals surface area contributed by atoms with Crippen LogP contribution < -0.4 is 0 Å². The second-order valence-electron chi connectivity index (χ2n) is 10.3. The lowest BCUT2D eigenvalue weighted by molar-refractivity contribution is 0.441. The number of hydrogen-bond acceptors (Lipinski definition) is 2. The van der Waals surface area contributed by atoms with Gasteiger partial charge in [0.1, 0.15) is 0 Å². The minimum Gasteiger partial charge on any atom is -0.340 e. The van der Waals surface area contributed by atoms with E-state index in [0.29, 0.717) is 30.3 Å². The summed E-state index contributed by atoms with van der Waals surface area (Å²) in [6.45, 7) is 8.09. The van der Waals surface area contributed by atoms with Crippen molar-refractivity contribution in [2.75, 3.05) is 13.1 Å². The topological polar surface area (TPSA) is 42.3 Å². The van der Waals surface area contributed by atoms with Crippen LogP contribution in [0.5, 0.6) is 0 Å². The molecule has 0 amide bonds. The van der Waals surface area contributed by atoms with Gasteiger partial charge in [-0.15, -0.1) is 0 Å². The predicted octanol–water partition coefficient (Wildman–Crippen LogP) is 7.33. The summed E-state index contributed by atoms with van der Waals surface area (Å²) in [5.41, 5.74) is 7.16. The maximum Gasteiger partial charge on any atom is 0.243 e. The van der Waals surface area contributed by atoms with Crippen molar-refractivity contribution in [3.63, 3.8) is 0 Å². The number of nitrogens with zero attached hydrogens (tertiary/aromatic N) is 2. The molecule has 0 aliphatic carbocycles. The molecule has 0 radical (unpaired) electrons. The SMILES string of the molecule is Cc1c(C2=CCN(S(=O)(=O)c3ccc(CC(C)C)cc3)CC2)c2ccccc2n1Cc1ccc(Cl)cc1. The van der Waals surface area contributed by atoms with Crippen molar-refractivity contribution in [3.8, 4) is 0 Å². The van der Waals surface area contributed by atoms with Gasteiger partial charge in [-0.25, -0.2) is 8.42 Å². The molecule has 4 aromatic rings. The fourth-order valence-electron chi connectivity index (χ4n) is 5.33. The summed E-state index contributed by atoms with van der Waals surface area (Å²) >= 11 is 6.09. The Kier molecular flexibility index (Phi) is 7.30. The van der Waals surface area contributed by atoms with Gasteiger partial charge < -0.3 is 4.57 Å². The first-order chi connectivity index (χ1) is 17.7. The second kappa shape index (κ2) is 10.5. The molecule has 1 aliphatic heterocycles. The zero-order valence-electron chi connectivity index (χ0n) is 21.6. The van der Waals surface area contributed by atoms with Gasteiger partial charge in [0.25, 0.3) is 0 Å². The molecule has 37 heavy (non-hydrogen) atoms. The molecular formula is C31H33ClN2O2S. The molecule has 0 saturated heterocycles. The van der Waals surface area contributed by atoms with Crippen molar-refractivity contribution in [2.24, 2.45) is 5.92 Å². The Morgan fingerprint density at radius 3 is 2.24 bits per heavy atom.